The summed E-state index contributed by atoms with van der Waals surface area (Å²) in [7, 11) is 0. The highest BCUT2D eigenvalue weighted by Crippen LogP contribution is 2.21. The number of aryl methyl sites for hydroxylation is 1. The van der Waals surface area contributed by atoms with Crippen molar-refractivity contribution in [1.29, 1.82) is 0 Å². The summed E-state index contributed by atoms with van der Waals surface area (Å²) >= 11 is 0. The fraction of sp³-hybridized carbons (Fsp3) is 0.846. The van der Waals surface area contributed by atoms with E-state index in [1.807, 2.05) is 0 Å². The third kappa shape index (κ3) is 2.37. The van der Waals surface area contributed by atoms with E-state index < -0.39 is 0 Å². The molecule has 2 aliphatic rings. The molecular formula is C13H22N4. The molecule has 0 radical (unpaired) electrons. The van der Waals surface area contributed by atoms with Crippen molar-refractivity contribution in [2.75, 3.05) is 6.54 Å². The molecule has 2 unspecified atom stereocenters. The standard InChI is InChI=1S/C13H22N4/c1-10-5-6-12-15-16-13(17(12)9-10)8-11-4-2-3-7-14-11/h10-11,14H,2-9H2,1H3. The SMILES string of the molecule is CC1CCc2nnc(CC3CCCCN3)n2C1. The first-order valence-electron chi connectivity index (χ1n) is 6.97. The Hall–Kier alpha value is -0.900. The first-order valence-corrected chi connectivity index (χ1v) is 6.97. The van der Waals surface area contributed by atoms with E-state index in [0.717, 1.165) is 25.3 Å². The molecule has 0 aromatic carbocycles. The van der Waals surface area contributed by atoms with Gasteiger partial charge in [-0.1, -0.05) is 13.3 Å². The molecule has 1 fully saturated rings. The van der Waals surface area contributed by atoms with Crippen molar-refractivity contribution in [2.24, 2.45) is 5.92 Å². The zero-order valence-electron chi connectivity index (χ0n) is 10.7. The molecule has 2 aliphatic heterocycles. The van der Waals surface area contributed by atoms with Crippen molar-refractivity contribution < 1.29 is 0 Å². The molecule has 0 bridgehead atoms. The van der Waals surface area contributed by atoms with Crippen LogP contribution < -0.4 is 5.32 Å². The predicted molar refractivity (Wildman–Crippen MR) is 66.9 cm³/mol. The molecule has 2 atom stereocenters. The second kappa shape index (κ2) is 4.77. The molecule has 0 amide bonds. The van der Waals surface area contributed by atoms with Gasteiger partial charge in [0.15, 0.2) is 0 Å². The molecule has 3 heterocycles. The lowest BCUT2D eigenvalue weighted by molar-refractivity contribution is 0.362. The van der Waals surface area contributed by atoms with Crippen LogP contribution in [0.4, 0.5) is 0 Å². The van der Waals surface area contributed by atoms with Crippen LogP contribution in [0.5, 0.6) is 0 Å². The molecule has 3 rings (SSSR count). The van der Waals surface area contributed by atoms with Crippen molar-refractivity contribution in [1.82, 2.24) is 20.1 Å². The van der Waals surface area contributed by atoms with Gasteiger partial charge < -0.3 is 9.88 Å². The van der Waals surface area contributed by atoms with E-state index in [-0.39, 0.29) is 0 Å². The van der Waals surface area contributed by atoms with Crippen LogP contribution >= 0.6 is 0 Å². The summed E-state index contributed by atoms with van der Waals surface area (Å²) in [5.41, 5.74) is 0. The van der Waals surface area contributed by atoms with E-state index in [0.29, 0.717) is 6.04 Å². The summed E-state index contributed by atoms with van der Waals surface area (Å²) in [6, 6.07) is 0.620. The second-order valence-corrected chi connectivity index (χ2v) is 5.64. The van der Waals surface area contributed by atoms with Crippen LogP contribution in [0.2, 0.25) is 0 Å². The number of hydrogen-bond acceptors (Lipinski definition) is 3. The zero-order valence-corrected chi connectivity index (χ0v) is 10.7. The summed E-state index contributed by atoms with van der Waals surface area (Å²) in [6.07, 6.45) is 7.39. The summed E-state index contributed by atoms with van der Waals surface area (Å²) in [4.78, 5) is 0. The lowest BCUT2D eigenvalue weighted by Crippen LogP contribution is -2.36. The lowest BCUT2D eigenvalue weighted by Gasteiger charge is -2.25. The fourth-order valence-electron chi connectivity index (χ4n) is 3.02. The number of nitrogens with one attached hydrogen (secondary N) is 1. The third-order valence-corrected chi connectivity index (χ3v) is 4.10. The lowest BCUT2D eigenvalue weighted by atomic mass is 10.00. The van der Waals surface area contributed by atoms with Gasteiger partial charge in [-0.3, -0.25) is 0 Å². The van der Waals surface area contributed by atoms with Gasteiger partial charge >= 0.3 is 0 Å². The van der Waals surface area contributed by atoms with Gasteiger partial charge in [0, 0.05) is 25.4 Å². The summed E-state index contributed by atoms with van der Waals surface area (Å²) in [6.45, 7) is 4.61. The molecule has 94 valence electrons. The Bertz CT molecular complexity index is 379. The fourth-order valence-corrected chi connectivity index (χ4v) is 3.02. The summed E-state index contributed by atoms with van der Waals surface area (Å²) in [5, 5.41) is 12.3. The Labute approximate surface area is 103 Å². The summed E-state index contributed by atoms with van der Waals surface area (Å²) in [5.74, 6) is 3.18. The predicted octanol–water partition coefficient (Wildman–Crippen LogP) is 1.54. The number of aromatic nitrogens is 3. The number of rotatable bonds is 2. The van der Waals surface area contributed by atoms with Gasteiger partial charge in [0.2, 0.25) is 0 Å². The minimum absolute atomic E-state index is 0.620. The Morgan fingerprint density at radius 2 is 2.24 bits per heavy atom. The molecule has 1 aromatic rings. The molecule has 0 aliphatic carbocycles. The molecule has 0 saturated carbocycles. The van der Waals surface area contributed by atoms with Crippen molar-refractivity contribution >= 4 is 0 Å². The van der Waals surface area contributed by atoms with Crippen LogP contribution in [-0.4, -0.2) is 27.4 Å². The third-order valence-electron chi connectivity index (χ3n) is 4.10. The van der Waals surface area contributed by atoms with Gasteiger partial charge in [0.25, 0.3) is 0 Å². The highest BCUT2D eigenvalue weighted by atomic mass is 15.3. The average molecular weight is 234 g/mol. The maximum absolute atomic E-state index is 4.40. The topological polar surface area (TPSA) is 42.7 Å². The van der Waals surface area contributed by atoms with Crippen molar-refractivity contribution in [3.05, 3.63) is 11.6 Å². The largest absolute Gasteiger partial charge is 0.315 e. The molecule has 1 aromatic heterocycles. The van der Waals surface area contributed by atoms with Gasteiger partial charge in [0.1, 0.15) is 11.6 Å². The molecule has 4 nitrogen and oxygen atoms in total. The van der Waals surface area contributed by atoms with Gasteiger partial charge in [-0.05, 0) is 31.7 Å². The Morgan fingerprint density at radius 3 is 3.06 bits per heavy atom. The summed E-state index contributed by atoms with van der Waals surface area (Å²) < 4.78 is 2.37. The Kier molecular flexibility index (Phi) is 3.14. The van der Waals surface area contributed by atoms with Crippen LogP contribution in [0.15, 0.2) is 0 Å². The van der Waals surface area contributed by atoms with E-state index >= 15 is 0 Å². The zero-order chi connectivity index (χ0) is 11.7. The van der Waals surface area contributed by atoms with E-state index in [1.54, 1.807) is 0 Å². The van der Waals surface area contributed by atoms with Crippen LogP contribution in [-0.2, 0) is 19.4 Å². The molecule has 1 N–H and O–H groups in total. The van der Waals surface area contributed by atoms with Crippen molar-refractivity contribution in [3.8, 4) is 0 Å². The molecule has 1 saturated heterocycles. The smallest absolute Gasteiger partial charge is 0.134 e. The maximum atomic E-state index is 4.40. The number of hydrogen-bond donors (Lipinski definition) is 1. The van der Waals surface area contributed by atoms with Crippen LogP contribution in [0.25, 0.3) is 0 Å². The molecule has 17 heavy (non-hydrogen) atoms. The van der Waals surface area contributed by atoms with E-state index in [1.165, 1.54) is 43.9 Å². The van der Waals surface area contributed by atoms with Crippen molar-refractivity contribution in [3.63, 3.8) is 0 Å². The normalized spacial score (nSPS) is 29.0. The molecular weight excluding hydrogens is 212 g/mol. The number of nitrogens with zero attached hydrogens (tertiary/aromatic N) is 3. The quantitative estimate of drug-likeness (QED) is 0.844. The minimum Gasteiger partial charge on any atom is -0.315 e. The van der Waals surface area contributed by atoms with E-state index in [2.05, 4.69) is 27.0 Å². The first kappa shape index (κ1) is 11.2. The maximum Gasteiger partial charge on any atom is 0.134 e. The van der Waals surface area contributed by atoms with Crippen LogP contribution in [0.3, 0.4) is 0 Å². The highest BCUT2D eigenvalue weighted by molar-refractivity contribution is 5.02. The average Bonchev–Trinajstić information content (AvgIpc) is 2.73. The van der Waals surface area contributed by atoms with Gasteiger partial charge in [-0.2, -0.15) is 0 Å². The highest BCUT2D eigenvalue weighted by Gasteiger charge is 2.22. The Morgan fingerprint density at radius 1 is 1.29 bits per heavy atom. The van der Waals surface area contributed by atoms with E-state index in [9.17, 15) is 0 Å². The van der Waals surface area contributed by atoms with Crippen LogP contribution in [0, 0.1) is 5.92 Å². The van der Waals surface area contributed by atoms with E-state index in [4.69, 9.17) is 0 Å². The minimum atomic E-state index is 0.620. The second-order valence-electron chi connectivity index (χ2n) is 5.64. The monoisotopic (exact) mass is 234 g/mol. The molecule has 4 heteroatoms. The van der Waals surface area contributed by atoms with Gasteiger partial charge in [-0.25, -0.2) is 0 Å². The van der Waals surface area contributed by atoms with Gasteiger partial charge in [-0.15, -0.1) is 10.2 Å². The number of piperidine rings is 1. The van der Waals surface area contributed by atoms with Crippen LogP contribution in [0.1, 0.15) is 44.3 Å². The molecule has 0 spiro atoms. The number of fused-ring (bicyclic) bond motifs is 1. The Balaban J connectivity index is 1.72. The van der Waals surface area contributed by atoms with Gasteiger partial charge in [0.05, 0.1) is 0 Å². The van der Waals surface area contributed by atoms with Crippen molar-refractivity contribution in [2.45, 2.75) is 58.0 Å². The first-order chi connectivity index (χ1) is 8.33.